The predicted molar refractivity (Wildman–Crippen MR) is 102 cm³/mol. The highest BCUT2D eigenvalue weighted by Crippen LogP contribution is 2.26. The van der Waals surface area contributed by atoms with Gasteiger partial charge in [-0.05, 0) is 48.4 Å². The zero-order valence-electron chi connectivity index (χ0n) is 15.2. The molecule has 3 amide bonds. The molecule has 0 spiro atoms. The van der Waals surface area contributed by atoms with Gasteiger partial charge in [-0.15, -0.1) is 0 Å². The molecule has 3 rings (SSSR count). The summed E-state index contributed by atoms with van der Waals surface area (Å²) in [6, 6.07) is 12.1. The van der Waals surface area contributed by atoms with Gasteiger partial charge < -0.3 is 20.3 Å². The molecule has 0 saturated carbocycles. The maximum Gasteiger partial charge on any atom is 0.262 e. The normalized spacial score (nSPS) is 12.6. The summed E-state index contributed by atoms with van der Waals surface area (Å²) in [5, 5.41) is 5.52. The first-order chi connectivity index (χ1) is 12.9. The average Bonchev–Trinajstić information content (AvgIpc) is 2.65. The van der Waals surface area contributed by atoms with Gasteiger partial charge in [0.2, 0.25) is 5.91 Å². The summed E-state index contributed by atoms with van der Waals surface area (Å²) in [5.74, 6) is 0.112. The molecule has 0 atom stereocenters. The van der Waals surface area contributed by atoms with Crippen LogP contribution in [0, 0.1) is 0 Å². The van der Waals surface area contributed by atoms with Crippen LogP contribution in [0.5, 0.6) is 5.75 Å². The lowest BCUT2D eigenvalue weighted by molar-refractivity contribution is -0.118. The molecule has 0 aromatic heterocycles. The van der Waals surface area contributed by atoms with Crippen molar-refractivity contribution in [2.45, 2.75) is 12.8 Å². The molecule has 0 aliphatic carbocycles. The van der Waals surface area contributed by atoms with Crippen molar-refractivity contribution in [1.29, 1.82) is 0 Å². The molecular weight excluding hydrogens is 346 g/mol. The minimum atomic E-state index is -0.324. The van der Waals surface area contributed by atoms with Gasteiger partial charge in [0, 0.05) is 37.5 Å². The third-order valence-electron chi connectivity index (χ3n) is 4.14. The minimum absolute atomic E-state index is 0.00512. The Kier molecular flexibility index (Phi) is 5.40. The van der Waals surface area contributed by atoms with E-state index in [0.717, 1.165) is 11.3 Å². The molecule has 0 fully saturated rings. The average molecular weight is 367 g/mol. The maximum atomic E-state index is 12.1. The SMILES string of the molecule is CN(C)C(=O)c1cccc(NC(=O)COc2ccc3c(c2)CCC(=O)N3)c1. The Labute approximate surface area is 157 Å². The number of carbonyl (C=O) groups excluding carboxylic acids is 3. The van der Waals surface area contributed by atoms with E-state index in [-0.39, 0.29) is 24.3 Å². The van der Waals surface area contributed by atoms with E-state index in [0.29, 0.717) is 29.8 Å². The van der Waals surface area contributed by atoms with E-state index >= 15 is 0 Å². The van der Waals surface area contributed by atoms with Gasteiger partial charge in [-0.25, -0.2) is 0 Å². The monoisotopic (exact) mass is 367 g/mol. The summed E-state index contributed by atoms with van der Waals surface area (Å²) in [7, 11) is 3.34. The number of carbonyl (C=O) groups is 3. The number of fused-ring (bicyclic) bond motifs is 1. The second-order valence-electron chi connectivity index (χ2n) is 6.48. The van der Waals surface area contributed by atoms with Crippen molar-refractivity contribution in [1.82, 2.24) is 4.90 Å². The summed E-state index contributed by atoms with van der Waals surface area (Å²) in [6.45, 7) is -0.156. The van der Waals surface area contributed by atoms with Crippen molar-refractivity contribution in [3.63, 3.8) is 0 Å². The van der Waals surface area contributed by atoms with Gasteiger partial charge >= 0.3 is 0 Å². The number of hydrogen-bond donors (Lipinski definition) is 2. The Balaban J connectivity index is 1.58. The lowest BCUT2D eigenvalue weighted by atomic mass is 10.0. The molecule has 1 aliphatic heterocycles. The van der Waals surface area contributed by atoms with Crippen LogP contribution in [0.3, 0.4) is 0 Å². The Morgan fingerprint density at radius 2 is 1.96 bits per heavy atom. The van der Waals surface area contributed by atoms with Gasteiger partial charge in [0.15, 0.2) is 6.61 Å². The van der Waals surface area contributed by atoms with E-state index in [4.69, 9.17) is 4.74 Å². The number of rotatable bonds is 5. The highest BCUT2D eigenvalue weighted by Gasteiger charge is 2.15. The first kappa shape index (κ1) is 18.4. The molecular formula is C20H21N3O4. The second kappa shape index (κ2) is 7.90. The summed E-state index contributed by atoms with van der Waals surface area (Å²) >= 11 is 0. The van der Waals surface area contributed by atoms with Crippen LogP contribution in [-0.2, 0) is 16.0 Å². The lowest BCUT2D eigenvalue weighted by Crippen LogP contribution is -2.23. The summed E-state index contributed by atoms with van der Waals surface area (Å²) < 4.78 is 5.55. The molecule has 27 heavy (non-hydrogen) atoms. The van der Waals surface area contributed by atoms with Gasteiger partial charge in [-0.1, -0.05) is 6.07 Å². The largest absolute Gasteiger partial charge is 0.484 e. The number of ether oxygens (including phenoxy) is 1. The van der Waals surface area contributed by atoms with Crippen LogP contribution in [0.4, 0.5) is 11.4 Å². The standard InChI is InChI=1S/C20H21N3O4/c1-23(2)20(26)14-4-3-5-15(10-14)21-19(25)12-27-16-7-8-17-13(11-16)6-9-18(24)22-17/h3-5,7-8,10-11H,6,9,12H2,1-2H3,(H,21,25)(H,22,24). The van der Waals surface area contributed by atoms with Crippen LogP contribution >= 0.6 is 0 Å². The molecule has 2 aromatic carbocycles. The van der Waals surface area contributed by atoms with Crippen molar-refractivity contribution in [3.05, 3.63) is 53.6 Å². The molecule has 1 heterocycles. The number of nitrogens with one attached hydrogen (secondary N) is 2. The second-order valence-corrected chi connectivity index (χ2v) is 6.48. The minimum Gasteiger partial charge on any atom is -0.484 e. The van der Waals surface area contributed by atoms with E-state index in [1.54, 1.807) is 50.5 Å². The highest BCUT2D eigenvalue weighted by molar-refractivity contribution is 5.97. The van der Waals surface area contributed by atoms with Crippen LogP contribution in [0.1, 0.15) is 22.3 Å². The zero-order valence-corrected chi connectivity index (χ0v) is 15.2. The Morgan fingerprint density at radius 1 is 1.15 bits per heavy atom. The molecule has 2 aromatic rings. The summed E-state index contributed by atoms with van der Waals surface area (Å²) in [5.41, 5.74) is 2.80. The molecule has 1 aliphatic rings. The van der Waals surface area contributed by atoms with Crippen LogP contribution in [-0.4, -0.2) is 43.3 Å². The quantitative estimate of drug-likeness (QED) is 0.849. The number of benzene rings is 2. The van der Waals surface area contributed by atoms with Gasteiger partial charge in [-0.2, -0.15) is 0 Å². The fourth-order valence-electron chi connectivity index (χ4n) is 2.78. The van der Waals surface area contributed by atoms with E-state index in [1.807, 2.05) is 6.07 Å². The molecule has 2 N–H and O–H groups in total. The van der Waals surface area contributed by atoms with Crippen LogP contribution < -0.4 is 15.4 Å². The van der Waals surface area contributed by atoms with E-state index in [1.165, 1.54) is 4.90 Å². The van der Waals surface area contributed by atoms with Crippen LogP contribution in [0.25, 0.3) is 0 Å². The Morgan fingerprint density at radius 3 is 2.74 bits per heavy atom. The van der Waals surface area contributed by atoms with Crippen molar-refractivity contribution in [3.8, 4) is 5.75 Å². The topological polar surface area (TPSA) is 87.7 Å². The van der Waals surface area contributed by atoms with E-state index in [9.17, 15) is 14.4 Å². The predicted octanol–water partition coefficient (Wildman–Crippen LogP) is 2.29. The Hall–Kier alpha value is -3.35. The first-order valence-corrected chi connectivity index (χ1v) is 8.59. The summed E-state index contributed by atoms with van der Waals surface area (Å²) in [4.78, 5) is 37.0. The fourth-order valence-corrected chi connectivity index (χ4v) is 2.78. The van der Waals surface area contributed by atoms with Gasteiger partial charge in [-0.3, -0.25) is 14.4 Å². The van der Waals surface area contributed by atoms with E-state index < -0.39 is 0 Å². The number of amides is 3. The maximum absolute atomic E-state index is 12.1. The summed E-state index contributed by atoms with van der Waals surface area (Å²) in [6.07, 6.45) is 1.09. The van der Waals surface area contributed by atoms with Crippen LogP contribution in [0.2, 0.25) is 0 Å². The van der Waals surface area contributed by atoms with Gasteiger partial charge in [0.05, 0.1) is 0 Å². The van der Waals surface area contributed by atoms with Crippen LogP contribution in [0.15, 0.2) is 42.5 Å². The number of anilines is 2. The molecule has 0 saturated heterocycles. The van der Waals surface area contributed by atoms with E-state index in [2.05, 4.69) is 10.6 Å². The van der Waals surface area contributed by atoms with Crippen molar-refractivity contribution in [2.75, 3.05) is 31.3 Å². The number of hydrogen-bond acceptors (Lipinski definition) is 4. The Bertz CT molecular complexity index is 893. The number of aryl methyl sites for hydroxylation is 1. The third kappa shape index (κ3) is 4.63. The third-order valence-corrected chi connectivity index (χ3v) is 4.14. The zero-order chi connectivity index (χ0) is 19.4. The molecule has 0 radical (unpaired) electrons. The molecule has 0 bridgehead atoms. The molecule has 0 unspecified atom stereocenters. The molecule has 140 valence electrons. The highest BCUT2D eigenvalue weighted by atomic mass is 16.5. The smallest absolute Gasteiger partial charge is 0.262 e. The van der Waals surface area contributed by atoms with Gasteiger partial charge in [0.25, 0.3) is 11.8 Å². The van der Waals surface area contributed by atoms with Crippen molar-refractivity contribution < 1.29 is 19.1 Å². The molecule has 7 nitrogen and oxygen atoms in total. The van der Waals surface area contributed by atoms with Crippen molar-refractivity contribution >= 4 is 29.1 Å². The van der Waals surface area contributed by atoms with Gasteiger partial charge in [0.1, 0.15) is 5.75 Å². The van der Waals surface area contributed by atoms with Crippen molar-refractivity contribution in [2.24, 2.45) is 0 Å². The lowest BCUT2D eigenvalue weighted by Gasteiger charge is -2.17. The fraction of sp³-hybridized carbons (Fsp3) is 0.250. The number of nitrogens with zero attached hydrogens (tertiary/aromatic N) is 1. The first-order valence-electron chi connectivity index (χ1n) is 8.59. The molecule has 7 heteroatoms.